The monoisotopic (exact) mass is 949 g/mol. The predicted octanol–water partition coefficient (Wildman–Crippen LogP) is 23.2. The van der Waals surface area contributed by atoms with Crippen LogP contribution < -0.4 is 0 Å². The van der Waals surface area contributed by atoms with Gasteiger partial charge in [0.25, 0.3) is 0 Å². The first-order valence-electron chi connectivity index (χ1n) is 26.4. The van der Waals surface area contributed by atoms with E-state index in [0.717, 1.165) is 0 Å². The van der Waals surface area contributed by atoms with Crippen LogP contribution in [0.4, 0.5) is 0 Å². The highest BCUT2D eigenvalue weighted by atomic mass is 13.9. The molecule has 372 valence electrons. The van der Waals surface area contributed by atoms with Gasteiger partial charge in [-0.15, -0.1) is 0 Å². The summed E-state index contributed by atoms with van der Waals surface area (Å²) in [6.45, 7) is 24.0. The molecule has 0 aromatic heterocycles. The SMILES string of the molecule is CC.CC.CC.CC.CC.CC.c1ccc2ccccc2c1.c1ccc2ccccc2c1.c1ccc2ccccc2c1.c1ccc2ccccc2c1.c1ccc2ccccc2c1.c1ccc2ccccc2c1. The summed E-state index contributed by atoms with van der Waals surface area (Å²) < 4.78 is 0. The summed E-state index contributed by atoms with van der Waals surface area (Å²) in [4.78, 5) is 0. The average molecular weight is 949 g/mol. The Bertz CT molecular complexity index is 2180. The minimum absolute atomic E-state index is 1.31. The van der Waals surface area contributed by atoms with Crippen LogP contribution in [0.5, 0.6) is 0 Å². The van der Waals surface area contributed by atoms with Gasteiger partial charge in [0.05, 0.1) is 0 Å². The zero-order chi connectivity index (χ0) is 52.9. The molecule has 0 amide bonds. The number of rotatable bonds is 0. The lowest BCUT2D eigenvalue weighted by atomic mass is 10.1. The third-order valence-electron chi connectivity index (χ3n) is 9.95. The highest BCUT2D eigenvalue weighted by molar-refractivity contribution is 5.85. The van der Waals surface area contributed by atoms with E-state index >= 15 is 0 Å². The van der Waals surface area contributed by atoms with Crippen LogP contribution in [-0.4, -0.2) is 0 Å². The molecule has 0 unspecified atom stereocenters. The van der Waals surface area contributed by atoms with Crippen LogP contribution in [0.1, 0.15) is 83.1 Å². The fourth-order valence-electron chi connectivity index (χ4n) is 6.80. The number of fused-ring (bicyclic) bond motifs is 6. The van der Waals surface area contributed by atoms with Crippen LogP contribution in [0.3, 0.4) is 0 Å². The highest BCUT2D eigenvalue weighted by Gasteiger charge is 1.89. The first-order chi connectivity index (χ1) is 35.8. The molecule has 0 nitrogen and oxygen atoms in total. The number of benzene rings is 12. The molecule has 12 rings (SSSR count). The molecule has 0 aliphatic heterocycles. The second-order valence-corrected chi connectivity index (χ2v) is 14.1. The van der Waals surface area contributed by atoms with E-state index in [9.17, 15) is 0 Å². The van der Waals surface area contributed by atoms with Gasteiger partial charge in [0.1, 0.15) is 0 Å². The quantitative estimate of drug-likeness (QED) is 0.142. The van der Waals surface area contributed by atoms with E-state index in [1.54, 1.807) is 0 Å². The first kappa shape index (κ1) is 62.2. The molecule has 0 aliphatic rings. The van der Waals surface area contributed by atoms with Crippen LogP contribution in [0, 0.1) is 0 Å². The molecule has 0 spiro atoms. The fourth-order valence-corrected chi connectivity index (χ4v) is 6.80. The molecule has 0 bridgehead atoms. The largest absolute Gasteiger partial charge is 0.0683 e. The maximum atomic E-state index is 2.12. The van der Waals surface area contributed by atoms with Crippen molar-refractivity contribution in [3.63, 3.8) is 0 Å². The summed E-state index contributed by atoms with van der Waals surface area (Å²) in [6, 6.07) is 100. The molecule has 0 saturated heterocycles. The Balaban J connectivity index is 0.000000414. The molecule has 0 N–H and O–H groups in total. The standard InChI is InChI=1S/6C10H8.6C2H6/c6*1-2-6-10-8-4-3-7-9(10)5-1;6*1-2/h6*1-8H;6*1-2H3. The molecule has 0 radical (unpaired) electrons. The summed E-state index contributed by atoms with van der Waals surface area (Å²) in [7, 11) is 0. The van der Waals surface area contributed by atoms with Gasteiger partial charge in [-0.05, 0) is 64.6 Å². The van der Waals surface area contributed by atoms with E-state index in [0.29, 0.717) is 0 Å². The first-order valence-corrected chi connectivity index (χ1v) is 26.4. The van der Waals surface area contributed by atoms with Crippen LogP contribution in [0.25, 0.3) is 64.6 Å². The van der Waals surface area contributed by atoms with Gasteiger partial charge in [-0.1, -0.05) is 374 Å². The predicted molar refractivity (Wildman–Crippen MR) is 332 cm³/mol. The van der Waals surface area contributed by atoms with Crippen molar-refractivity contribution < 1.29 is 0 Å². The van der Waals surface area contributed by atoms with Gasteiger partial charge >= 0.3 is 0 Å². The van der Waals surface area contributed by atoms with Crippen molar-refractivity contribution >= 4 is 64.6 Å². The Labute approximate surface area is 436 Å². The van der Waals surface area contributed by atoms with Crippen molar-refractivity contribution in [3.05, 3.63) is 291 Å². The molecule has 0 fully saturated rings. The third-order valence-corrected chi connectivity index (χ3v) is 9.95. The Hall–Kier alpha value is -7.80. The topological polar surface area (TPSA) is 0 Å². The van der Waals surface area contributed by atoms with Crippen LogP contribution >= 0.6 is 0 Å². The highest BCUT2D eigenvalue weighted by Crippen LogP contribution is 2.15. The molecular formula is C72H84. The third kappa shape index (κ3) is 23.2. The Morgan fingerprint density at radius 3 is 0.181 bits per heavy atom. The van der Waals surface area contributed by atoms with Gasteiger partial charge in [-0.3, -0.25) is 0 Å². The molecule has 0 saturated carbocycles. The summed E-state index contributed by atoms with van der Waals surface area (Å²) in [5.41, 5.74) is 0. The molecule has 0 atom stereocenters. The second-order valence-electron chi connectivity index (χ2n) is 14.1. The van der Waals surface area contributed by atoms with E-state index in [2.05, 4.69) is 291 Å². The van der Waals surface area contributed by atoms with Crippen molar-refractivity contribution in [1.82, 2.24) is 0 Å². The smallest absolute Gasteiger partial charge is 0.0184 e. The molecule has 0 heterocycles. The second kappa shape index (κ2) is 42.1. The van der Waals surface area contributed by atoms with Crippen LogP contribution in [0.15, 0.2) is 291 Å². The fraction of sp³-hybridized carbons (Fsp3) is 0.167. The van der Waals surface area contributed by atoms with Crippen LogP contribution in [0.2, 0.25) is 0 Å². The maximum Gasteiger partial charge on any atom is -0.0184 e. The summed E-state index contributed by atoms with van der Waals surface area (Å²) in [5.74, 6) is 0. The van der Waals surface area contributed by atoms with E-state index in [1.165, 1.54) is 64.6 Å². The van der Waals surface area contributed by atoms with Crippen molar-refractivity contribution in [2.45, 2.75) is 83.1 Å². The Kier molecular flexibility index (Phi) is 36.4. The van der Waals surface area contributed by atoms with Gasteiger partial charge in [0.15, 0.2) is 0 Å². The molecule has 12 aromatic carbocycles. The zero-order valence-corrected chi connectivity index (χ0v) is 45.7. The van der Waals surface area contributed by atoms with E-state index < -0.39 is 0 Å². The van der Waals surface area contributed by atoms with Gasteiger partial charge < -0.3 is 0 Å². The lowest BCUT2D eigenvalue weighted by molar-refractivity contribution is 1.50. The van der Waals surface area contributed by atoms with Crippen molar-refractivity contribution in [3.8, 4) is 0 Å². The van der Waals surface area contributed by atoms with Crippen molar-refractivity contribution in [1.29, 1.82) is 0 Å². The van der Waals surface area contributed by atoms with Gasteiger partial charge in [0.2, 0.25) is 0 Å². The van der Waals surface area contributed by atoms with E-state index in [4.69, 9.17) is 0 Å². The average Bonchev–Trinajstić information content (AvgIpc) is 3.51. The molecule has 0 aliphatic carbocycles. The molecule has 12 aromatic rings. The Morgan fingerprint density at radius 1 is 0.0972 bits per heavy atom. The summed E-state index contributed by atoms with van der Waals surface area (Å²) in [5, 5.41) is 15.7. The summed E-state index contributed by atoms with van der Waals surface area (Å²) in [6.07, 6.45) is 0. The lowest BCUT2D eigenvalue weighted by Crippen LogP contribution is -1.67. The van der Waals surface area contributed by atoms with Gasteiger partial charge in [-0.2, -0.15) is 0 Å². The minimum Gasteiger partial charge on any atom is -0.0683 e. The maximum absolute atomic E-state index is 2.12. The molecular weight excluding hydrogens is 865 g/mol. The van der Waals surface area contributed by atoms with E-state index in [-0.39, 0.29) is 0 Å². The molecule has 72 heavy (non-hydrogen) atoms. The zero-order valence-electron chi connectivity index (χ0n) is 45.7. The van der Waals surface area contributed by atoms with E-state index in [1.807, 2.05) is 83.1 Å². The Morgan fingerprint density at radius 2 is 0.139 bits per heavy atom. The van der Waals surface area contributed by atoms with Gasteiger partial charge in [-0.25, -0.2) is 0 Å². The minimum atomic E-state index is 1.31. The normalized spacial score (nSPS) is 8.83. The lowest BCUT2D eigenvalue weighted by Gasteiger charge is -1.92. The van der Waals surface area contributed by atoms with Gasteiger partial charge in [0, 0.05) is 0 Å². The number of hydrogen-bond donors (Lipinski definition) is 0. The van der Waals surface area contributed by atoms with Crippen molar-refractivity contribution in [2.75, 3.05) is 0 Å². The summed E-state index contributed by atoms with van der Waals surface area (Å²) >= 11 is 0. The van der Waals surface area contributed by atoms with Crippen LogP contribution in [-0.2, 0) is 0 Å². The number of hydrogen-bond acceptors (Lipinski definition) is 0. The van der Waals surface area contributed by atoms with Crippen molar-refractivity contribution in [2.24, 2.45) is 0 Å². The molecule has 0 heteroatoms.